The maximum atomic E-state index is 11.9. The molecule has 1 aliphatic rings. The maximum absolute atomic E-state index is 11.9. The van der Waals surface area contributed by atoms with Crippen molar-refractivity contribution in [2.24, 2.45) is 5.92 Å². The Labute approximate surface area is 92.8 Å². The highest BCUT2D eigenvalue weighted by Crippen LogP contribution is 2.28. The van der Waals surface area contributed by atoms with Crippen LogP contribution in [0.15, 0.2) is 18.2 Å². The predicted octanol–water partition coefficient (Wildman–Crippen LogP) is 3.41. The van der Waals surface area contributed by atoms with Crippen LogP contribution in [-0.2, 0) is 5.75 Å². The first kappa shape index (κ1) is 10.1. The van der Waals surface area contributed by atoms with E-state index < -0.39 is 0 Å². The molecule has 0 fully saturated rings. The van der Waals surface area contributed by atoms with E-state index in [9.17, 15) is 4.79 Å². The quantitative estimate of drug-likeness (QED) is 0.675. The van der Waals surface area contributed by atoms with Gasteiger partial charge in [0.15, 0.2) is 5.78 Å². The second kappa shape index (κ2) is 3.95. The molecule has 0 N–H and O–H groups in total. The summed E-state index contributed by atoms with van der Waals surface area (Å²) in [6, 6.07) is 5.60. The van der Waals surface area contributed by atoms with Crippen LogP contribution in [0.25, 0.3) is 0 Å². The van der Waals surface area contributed by atoms with Crippen LogP contribution in [0.1, 0.15) is 22.8 Å². The van der Waals surface area contributed by atoms with Gasteiger partial charge in [-0.25, -0.2) is 0 Å². The fourth-order valence-corrected chi connectivity index (χ4v) is 2.86. The van der Waals surface area contributed by atoms with Crippen molar-refractivity contribution < 1.29 is 4.79 Å². The molecular formula is C11H11ClOS. The molecule has 0 amide bonds. The Morgan fingerprint density at radius 3 is 3.07 bits per heavy atom. The van der Waals surface area contributed by atoms with Crippen molar-refractivity contribution in [2.75, 3.05) is 5.75 Å². The van der Waals surface area contributed by atoms with E-state index in [1.165, 1.54) is 0 Å². The summed E-state index contributed by atoms with van der Waals surface area (Å²) < 4.78 is 0. The average Bonchev–Trinajstić information content (AvgIpc) is 2.30. The lowest BCUT2D eigenvalue weighted by Crippen LogP contribution is -2.12. The smallest absolute Gasteiger partial charge is 0.166 e. The van der Waals surface area contributed by atoms with Crippen LogP contribution in [0.3, 0.4) is 0 Å². The summed E-state index contributed by atoms with van der Waals surface area (Å²) in [5, 5.41) is 0.649. The average molecular weight is 227 g/mol. The van der Waals surface area contributed by atoms with Crippen molar-refractivity contribution in [3.8, 4) is 0 Å². The summed E-state index contributed by atoms with van der Waals surface area (Å²) in [6.45, 7) is 1.98. The van der Waals surface area contributed by atoms with Crippen molar-refractivity contribution in [3.63, 3.8) is 0 Å². The minimum absolute atomic E-state index is 0.111. The number of carbonyl (C=O) groups excluding carboxylic acids is 1. The topological polar surface area (TPSA) is 17.1 Å². The number of thioether (sulfide) groups is 1. The molecule has 0 radical (unpaired) electrons. The Balaban J connectivity index is 2.50. The molecule has 0 spiro atoms. The zero-order valence-electron chi connectivity index (χ0n) is 7.92. The number of hydrogen-bond acceptors (Lipinski definition) is 2. The standard InChI is InChI=1S/C11H11ClOS/c1-7-5-14-6-8-2-3-9(12)4-10(8)11(7)13/h2-4,7H,5-6H2,1H3. The fourth-order valence-electron chi connectivity index (χ4n) is 1.59. The lowest BCUT2D eigenvalue weighted by Gasteiger charge is -2.06. The van der Waals surface area contributed by atoms with Gasteiger partial charge in [0.2, 0.25) is 0 Å². The van der Waals surface area contributed by atoms with E-state index in [0.29, 0.717) is 5.02 Å². The molecule has 0 aliphatic carbocycles. The number of Topliss-reactive ketones (excluding diaryl/α,β-unsaturated/α-hetero) is 1. The third kappa shape index (κ3) is 1.82. The van der Waals surface area contributed by atoms with Crippen molar-refractivity contribution in [1.82, 2.24) is 0 Å². The summed E-state index contributed by atoms with van der Waals surface area (Å²) in [6.07, 6.45) is 0. The second-order valence-electron chi connectivity index (χ2n) is 3.58. The molecule has 1 heterocycles. The van der Waals surface area contributed by atoms with Gasteiger partial charge in [0, 0.05) is 28.0 Å². The number of halogens is 1. The number of carbonyl (C=O) groups is 1. The second-order valence-corrected chi connectivity index (χ2v) is 5.05. The van der Waals surface area contributed by atoms with Crippen LogP contribution in [0.4, 0.5) is 0 Å². The number of rotatable bonds is 0. The number of ketones is 1. The van der Waals surface area contributed by atoms with Crippen molar-refractivity contribution in [2.45, 2.75) is 12.7 Å². The van der Waals surface area contributed by atoms with E-state index in [1.807, 2.05) is 30.8 Å². The summed E-state index contributed by atoms with van der Waals surface area (Å²) in [4.78, 5) is 11.9. The highest BCUT2D eigenvalue weighted by Gasteiger charge is 2.22. The molecule has 1 nitrogen and oxygen atoms in total. The third-order valence-electron chi connectivity index (χ3n) is 2.41. The molecule has 0 saturated carbocycles. The molecular weight excluding hydrogens is 216 g/mol. The van der Waals surface area contributed by atoms with Crippen molar-refractivity contribution >= 4 is 29.1 Å². The van der Waals surface area contributed by atoms with Crippen LogP contribution in [0.5, 0.6) is 0 Å². The first-order chi connectivity index (χ1) is 6.68. The zero-order chi connectivity index (χ0) is 10.1. The Morgan fingerprint density at radius 1 is 1.50 bits per heavy atom. The summed E-state index contributed by atoms with van der Waals surface area (Å²) in [5.74, 6) is 2.17. The Bertz CT molecular complexity index is 376. The van der Waals surface area contributed by atoms with Gasteiger partial charge in [-0.2, -0.15) is 11.8 Å². The van der Waals surface area contributed by atoms with E-state index in [4.69, 9.17) is 11.6 Å². The van der Waals surface area contributed by atoms with Gasteiger partial charge in [0.25, 0.3) is 0 Å². The largest absolute Gasteiger partial charge is 0.294 e. The first-order valence-electron chi connectivity index (χ1n) is 4.59. The lowest BCUT2D eigenvalue weighted by molar-refractivity contribution is 0.0942. The predicted molar refractivity (Wildman–Crippen MR) is 61.1 cm³/mol. The summed E-state index contributed by atoms with van der Waals surface area (Å²) in [7, 11) is 0. The van der Waals surface area contributed by atoms with E-state index in [2.05, 4.69) is 0 Å². The Morgan fingerprint density at radius 2 is 2.29 bits per heavy atom. The number of fused-ring (bicyclic) bond motifs is 1. The molecule has 1 unspecified atom stereocenters. The van der Waals surface area contributed by atoms with E-state index >= 15 is 0 Å². The van der Waals surface area contributed by atoms with Gasteiger partial charge < -0.3 is 0 Å². The molecule has 1 aromatic carbocycles. The van der Waals surface area contributed by atoms with Crippen LogP contribution in [0.2, 0.25) is 5.02 Å². The molecule has 1 aromatic rings. The zero-order valence-corrected chi connectivity index (χ0v) is 9.49. The molecule has 0 saturated heterocycles. The van der Waals surface area contributed by atoms with E-state index in [0.717, 1.165) is 22.6 Å². The highest BCUT2D eigenvalue weighted by atomic mass is 35.5. The molecule has 14 heavy (non-hydrogen) atoms. The SMILES string of the molecule is CC1CSCc2ccc(Cl)cc2C1=O. The normalized spacial score (nSPS) is 21.6. The van der Waals surface area contributed by atoms with Gasteiger partial charge in [-0.1, -0.05) is 24.6 Å². The molecule has 2 rings (SSSR count). The highest BCUT2D eigenvalue weighted by molar-refractivity contribution is 7.98. The van der Waals surface area contributed by atoms with Crippen LogP contribution in [0, 0.1) is 5.92 Å². The van der Waals surface area contributed by atoms with Gasteiger partial charge in [-0.05, 0) is 17.7 Å². The molecule has 0 aromatic heterocycles. The van der Waals surface area contributed by atoms with Crippen molar-refractivity contribution in [3.05, 3.63) is 34.3 Å². The molecule has 1 atom stereocenters. The monoisotopic (exact) mass is 226 g/mol. The van der Waals surface area contributed by atoms with Crippen LogP contribution >= 0.6 is 23.4 Å². The molecule has 74 valence electrons. The van der Waals surface area contributed by atoms with Gasteiger partial charge in [0.1, 0.15) is 0 Å². The minimum atomic E-state index is 0.111. The van der Waals surface area contributed by atoms with Gasteiger partial charge in [-0.15, -0.1) is 0 Å². The molecule has 1 aliphatic heterocycles. The van der Waals surface area contributed by atoms with Gasteiger partial charge in [-0.3, -0.25) is 4.79 Å². The number of hydrogen-bond donors (Lipinski definition) is 0. The Kier molecular flexibility index (Phi) is 2.84. The third-order valence-corrected chi connectivity index (χ3v) is 3.90. The lowest BCUT2D eigenvalue weighted by atomic mass is 9.97. The maximum Gasteiger partial charge on any atom is 0.166 e. The van der Waals surface area contributed by atoms with Gasteiger partial charge >= 0.3 is 0 Å². The van der Waals surface area contributed by atoms with Crippen LogP contribution < -0.4 is 0 Å². The molecule has 3 heteroatoms. The summed E-state index contributed by atoms with van der Waals surface area (Å²) >= 11 is 7.70. The number of benzene rings is 1. The van der Waals surface area contributed by atoms with Crippen molar-refractivity contribution in [1.29, 1.82) is 0 Å². The van der Waals surface area contributed by atoms with E-state index in [1.54, 1.807) is 6.07 Å². The first-order valence-corrected chi connectivity index (χ1v) is 6.12. The Hall–Kier alpha value is -0.470. The minimum Gasteiger partial charge on any atom is -0.294 e. The molecule has 0 bridgehead atoms. The summed E-state index contributed by atoms with van der Waals surface area (Å²) in [5.41, 5.74) is 1.93. The van der Waals surface area contributed by atoms with Crippen LogP contribution in [-0.4, -0.2) is 11.5 Å². The fraction of sp³-hybridized carbons (Fsp3) is 0.364. The van der Waals surface area contributed by atoms with E-state index in [-0.39, 0.29) is 11.7 Å². The van der Waals surface area contributed by atoms with Gasteiger partial charge in [0.05, 0.1) is 0 Å².